The van der Waals surface area contributed by atoms with Gasteiger partial charge in [-0.1, -0.05) is 20.3 Å². The second-order valence-electron chi connectivity index (χ2n) is 6.52. The average Bonchev–Trinajstić information content (AvgIpc) is 2.88. The van der Waals surface area contributed by atoms with Crippen molar-refractivity contribution in [2.75, 3.05) is 5.73 Å². The third-order valence-corrected chi connectivity index (χ3v) is 4.50. The summed E-state index contributed by atoms with van der Waals surface area (Å²) in [6, 6.07) is 1.94. The van der Waals surface area contributed by atoms with Crippen molar-refractivity contribution in [3.63, 3.8) is 0 Å². The molecule has 2 fully saturated rings. The summed E-state index contributed by atoms with van der Waals surface area (Å²) in [5.41, 5.74) is 7.07. The molecular formula is C15H23N3. The Morgan fingerprint density at radius 1 is 1.28 bits per heavy atom. The normalized spacial score (nSPS) is 30.3. The van der Waals surface area contributed by atoms with Crippen molar-refractivity contribution in [2.45, 2.75) is 51.9 Å². The van der Waals surface area contributed by atoms with E-state index in [1.54, 1.807) is 0 Å². The summed E-state index contributed by atoms with van der Waals surface area (Å²) in [6.45, 7) is 4.44. The molecular weight excluding hydrogens is 222 g/mol. The molecule has 0 saturated heterocycles. The molecule has 0 amide bonds. The van der Waals surface area contributed by atoms with Crippen LogP contribution in [-0.4, -0.2) is 9.97 Å². The van der Waals surface area contributed by atoms with Gasteiger partial charge >= 0.3 is 0 Å². The number of nitrogens with zero attached hydrogens (tertiary/aromatic N) is 2. The van der Waals surface area contributed by atoms with E-state index in [4.69, 9.17) is 10.7 Å². The number of anilines is 1. The predicted octanol–water partition coefficient (Wildman–Crippen LogP) is 3.16. The highest BCUT2D eigenvalue weighted by Gasteiger charge is 2.41. The fourth-order valence-corrected chi connectivity index (χ4v) is 3.79. The Morgan fingerprint density at radius 2 is 2.11 bits per heavy atom. The smallest absolute Gasteiger partial charge is 0.134 e. The first-order chi connectivity index (χ1) is 8.61. The number of fused-ring (bicyclic) bond motifs is 2. The van der Waals surface area contributed by atoms with Crippen LogP contribution in [0.4, 0.5) is 5.82 Å². The van der Waals surface area contributed by atoms with Gasteiger partial charge in [0, 0.05) is 17.7 Å². The van der Waals surface area contributed by atoms with Crippen molar-refractivity contribution in [3.8, 4) is 0 Å². The molecule has 2 aliphatic rings. The van der Waals surface area contributed by atoms with Crippen molar-refractivity contribution in [2.24, 2.45) is 17.8 Å². The van der Waals surface area contributed by atoms with Crippen LogP contribution in [0.25, 0.3) is 0 Å². The van der Waals surface area contributed by atoms with Gasteiger partial charge in [-0.2, -0.15) is 0 Å². The van der Waals surface area contributed by atoms with Gasteiger partial charge in [0.15, 0.2) is 0 Å². The fraction of sp³-hybridized carbons (Fsp3) is 0.733. The van der Waals surface area contributed by atoms with E-state index in [-0.39, 0.29) is 0 Å². The molecule has 18 heavy (non-hydrogen) atoms. The van der Waals surface area contributed by atoms with Gasteiger partial charge in [-0.3, -0.25) is 0 Å². The number of hydrogen-bond acceptors (Lipinski definition) is 3. The highest BCUT2D eigenvalue weighted by atomic mass is 15.0. The van der Waals surface area contributed by atoms with Gasteiger partial charge < -0.3 is 5.73 Å². The average molecular weight is 245 g/mol. The SMILES string of the molecule is CC(C)Cc1cc(N)nc(C2CC3CCC2C3)n1. The summed E-state index contributed by atoms with van der Waals surface area (Å²) >= 11 is 0. The Bertz CT molecular complexity index is 441. The first kappa shape index (κ1) is 11.9. The Labute approximate surface area is 109 Å². The van der Waals surface area contributed by atoms with Gasteiger partial charge in [0.25, 0.3) is 0 Å². The third-order valence-electron chi connectivity index (χ3n) is 4.50. The van der Waals surface area contributed by atoms with E-state index in [9.17, 15) is 0 Å². The molecule has 2 aliphatic carbocycles. The molecule has 1 aromatic rings. The molecule has 2 saturated carbocycles. The Kier molecular flexibility index (Phi) is 3.00. The number of aromatic nitrogens is 2. The lowest BCUT2D eigenvalue weighted by atomic mass is 9.88. The minimum Gasteiger partial charge on any atom is -0.384 e. The van der Waals surface area contributed by atoms with Crippen LogP contribution in [0, 0.1) is 17.8 Å². The summed E-state index contributed by atoms with van der Waals surface area (Å²) in [7, 11) is 0. The van der Waals surface area contributed by atoms with Crippen molar-refractivity contribution in [1.29, 1.82) is 0 Å². The minimum absolute atomic E-state index is 0.582. The van der Waals surface area contributed by atoms with Gasteiger partial charge in [0.1, 0.15) is 11.6 Å². The zero-order valence-corrected chi connectivity index (χ0v) is 11.4. The second kappa shape index (κ2) is 4.52. The largest absolute Gasteiger partial charge is 0.384 e. The van der Waals surface area contributed by atoms with E-state index in [0.717, 1.165) is 29.8 Å². The van der Waals surface area contributed by atoms with Crippen molar-refractivity contribution in [1.82, 2.24) is 9.97 Å². The van der Waals surface area contributed by atoms with Crippen LogP contribution >= 0.6 is 0 Å². The first-order valence-corrected chi connectivity index (χ1v) is 7.25. The summed E-state index contributed by atoms with van der Waals surface area (Å²) in [6.07, 6.45) is 6.47. The maximum absolute atomic E-state index is 5.95. The van der Waals surface area contributed by atoms with Crippen LogP contribution in [0.15, 0.2) is 6.07 Å². The highest BCUT2D eigenvalue weighted by molar-refractivity contribution is 5.31. The lowest BCUT2D eigenvalue weighted by Gasteiger charge is -2.21. The van der Waals surface area contributed by atoms with Crippen LogP contribution < -0.4 is 5.73 Å². The van der Waals surface area contributed by atoms with Gasteiger partial charge in [-0.25, -0.2) is 9.97 Å². The minimum atomic E-state index is 0.582. The zero-order valence-electron chi connectivity index (χ0n) is 11.4. The maximum atomic E-state index is 5.95. The molecule has 3 nitrogen and oxygen atoms in total. The molecule has 0 aromatic carbocycles. The summed E-state index contributed by atoms with van der Waals surface area (Å²) in [4.78, 5) is 9.29. The molecule has 2 bridgehead atoms. The standard InChI is InChI=1S/C15H23N3/c1-9(2)5-12-8-14(16)18-15(17-12)13-7-10-3-4-11(13)6-10/h8-11,13H,3-7H2,1-2H3,(H2,16,17,18). The van der Waals surface area contributed by atoms with Crippen LogP contribution in [-0.2, 0) is 6.42 Å². The van der Waals surface area contributed by atoms with E-state index in [1.807, 2.05) is 6.07 Å². The van der Waals surface area contributed by atoms with Crippen molar-refractivity contribution >= 4 is 5.82 Å². The highest BCUT2D eigenvalue weighted by Crippen LogP contribution is 2.52. The Morgan fingerprint density at radius 3 is 2.72 bits per heavy atom. The van der Waals surface area contributed by atoms with Gasteiger partial charge in [-0.05, 0) is 43.4 Å². The second-order valence-corrected chi connectivity index (χ2v) is 6.52. The van der Waals surface area contributed by atoms with Crippen molar-refractivity contribution < 1.29 is 0 Å². The maximum Gasteiger partial charge on any atom is 0.134 e. The van der Waals surface area contributed by atoms with E-state index in [1.165, 1.54) is 25.7 Å². The van der Waals surface area contributed by atoms with E-state index < -0.39 is 0 Å². The molecule has 2 N–H and O–H groups in total. The van der Waals surface area contributed by atoms with Crippen LogP contribution in [0.1, 0.15) is 57.0 Å². The number of hydrogen-bond donors (Lipinski definition) is 1. The monoisotopic (exact) mass is 245 g/mol. The quantitative estimate of drug-likeness (QED) is 0.890. The number of nitrogens with two attached hydrogens (primary N) is 1. The molecule has 3 rings (SSSR count). The fourth-order valence-electron chi connectivity index (χ4n) is 3.79. The van der Waals surface area contributed by atoms with E-state index >= 15 is 0 Å². The summed E-state index contributed by atoms with van der Waals surface area (Å²) < 4.78 is 0. The molecule has 98 valence electrons. The molecule has 3 atom stereocenters. The predicted molar refractivity (Wildman–Crippen MR) is 73.2 cm³/mol. The number of rotatable bonds is 3. The topological polar surface area (TPSA) is 51.8 Å². The Balaban J connectivity index is 1.85. The van der Waals surface area contributed by atoms with Gasteiger partial charge in [0.05, 0.1) is 0 Å². The number of nitrogen functional groups attached to an aromatic ring is 1. The molecule has 1 aromatic heterocycles. The Hall–Kier alpha value is -1.12. The summed E-state index contributed by atoms with van der Waals surface area (Å²) in [5.74, 6) is 4.63. The lowest BCUT2D eigenvalue weighted by Crippen LogP contribution is -2.14. The first-order valence-electron chi connectivity index (χ1n) is 7.25. The molecule has 3 unspecified atom stereocenters. The van der Waals surface area contributed by atoms with Gasteiger partial charge in [0.2, 0.25) is 0 Å². The molecule has 1 heterocycles. The van der Waals surface area contributed by atoms with Crippen molar-refractivity contribution in [3.05, 3.63) is 17.6 Å². The van der Waals surface area contributed by atoms with Crippen LogP contribution in [0.2, 0.25) is 0 Å². The lowest BCUT2D eigenvalue weighted by molar-refractivity contribution is 0.404. The molecule has 0 radical (unpaired) electrons. The zero-order chi connectivity index (χ0) is 12.7. The molecule has 3 heteroatoms. The van der Waals surface area contributed by atoms with E-state index in [2.05, 4.69) is 18.8 Å². The van der Waals surface area contributed by atoms with E-state index in [0.29, 0.717) is 17.7 Å². The molecule has 0 aliphatic heterocycles. The molecule has 0 spiro atoms. The third kappa shape index (κ3) is 2.23. The van der Waals surface area contributed by atoms with Gasteiger partial charge in [-0.15, -0.1) is 0 Å². The summed E-state index contributed by atoms with van der Waals surface area (Å²) in [5, 5.41) is 0. The van der Waals surface area contributed by atoms with Crippen LogP contribution in [0.5, 0.6) is 0 Å². The van der Waals surface area contributed by atoms with Crippen LogP contribution in [0.3, 0.4) is 0 Å².